The highest BCUT2D eigenvalue weighted by Crippen LogP contribution is 2.51. The molecule has 1 aliphatic carbocycles. The number of anilines is 2. The summed E-state index contributed by atoms with van der Waals surface area (Å²) < 4.78 is 29.9. The first-order valence-corrected chi connectivity index (χ1v) is 12.7. The maximum atomic E-state index is 13.9. The van der Waals surface area contributed by atoms with E-state index in [1.165, 1.54) is 0 Å². The molecular formula is C25H27ClF2N8. The van der Waals surface area contributed by atoms with Gasteiger partial charge < -0.3 is 9.80 Å². The van der Waals surface area contributed by atoms with E-state index < -0.39 is 11.5 Å². The molecule has 11 heteroatoms. The van der Waals surface area contributed by atoms with Gasteiger partial charge in [-0.3, -0.25) is 9.47 Å². The van der Waals surface area contributed by atoms with Crippen molar-refractivity contribution in [1.82, 2.24) is 29.6 Å². The Hall–Kier alpha value is -2.85. The van der Waals surface area contributed by atoms with Crippen LogP contribution in [0.2, 0.25) is 5.02 Å². The van der Waals surface area contributed by atoms with Crippen LogP contribution in [0.5, 0.6) is 0 Å². The fourth-order valence-electron chi connectivity index (χ4n) is 6.51. The Morgan fingerprint density at radius 3 is 2.44 bits per heavy atom. The minimum Gasteiger partial charge on any atom is -0.355 e. The summed E-state index contributed by atoms with van der Waals surface area (Å²) in [5, 5.41) is 9.76. The van der Waals surface area contributed by atoms with Gasteiger partial charge >= 0.3 is 0 Å². The highest BCUT2D eigenvalue weighted by atomic mass is 35.5. The van der Waals surface area contributed by atoms with Gasteiger partial charge in [0.1, 0.15) is 11.6 Å². The van der Waals surface area contributed by atoms with E-state index in [-0.39, 0.29) is 18.3 Å². The average molecular weight is 513 g/mol. The van der Waals surface area contributed by atoms with E-state index in [1.807, 2.05) is 38.1 Å². The lowest BCUT2D eigenvalue weighted by Crippen LogP contribution is -2.73. The molecule has 5 heterocycles. The number of aryl methyl sites for hydroxylation is 1. The van der Waals surface area contributed by atoms with Crippen LogP contribution >= 0.6 is 11.6 Å². The normalized spacial score (nSPS) is 23.2. The fraction of sp³-hybridized carbons (Fsp3) is 0.520. The van der Waals surface area contributed by atoms with Crippen molar-refractivity contribution in [2.75, 3.05) is 36.0 Å². The van der Waals surface area contributed by atoms with Crippen LogP contribution in [0, 0.1) is 12.3 Å². The predicted molar refractivity (Wildman–Crippen MR) is 132 cm³/mol. The number of fused-ring (bicyclic) bond motifs is 3. The van der Waals surface area contributed by atoms with Crippen molar-refractivity contribution in [3.63, 3.8) is 0 Å². The number of halogens is 3. The van der Waals surface area contributed by atoms with Crippen LogP contribution in [0.15, 0.2) is 30.5 Å². The van der Waals surface area contributed by atoms with Crippen molar-refractivity contribution < 1.29 is 8.78 Å². The number of aromatic nitrogens is 5. The summed E-state index contributed by atoms with van der Waals surface area (Å²) in [6.45, 7) is 8.52. The van der Waals surface area contributed by atoms with Crippen LogP contribution in [-0.2, 0) is 13.1 Å². The van der Waals surface area contributed by atoms with Crippen molar-refractivity contribution in [1.29, 1.82) is 0 Å². The van der Waals surface area contributed by atoms with Gasteiger partial charge in [0.2, 0.25) is 5.95 Å². The smallest absolute Gasteiger partial charge is 0.251 e. The third kappa shape index (κ3) is 3.41. The Morgan fingerprint density at radius 1 is 0.972 bits per heavy atom. The number of rotatable bonds is 3. The Kier molecular flexibility index (Phi) is 4.56. The lowest BCUT2D eigenvalue weighted by atomic mass is 9.73. The van der Waals surface area contributed by atoms with Gasteiger partial charge in [0.15, 0.2) is 5.82 Å². The van der Waals surface area contributed by atoms with Crippen LogP contribution in [0.1, 0.15) is 37.0 Å². The Labute approximate surface area is 212 Å². The second-order valence-corrected chi connectivity index (χ2v) is 11.7. The Bertz CT molecular complexity index is 1350. The molecule has 7 rings (SSSR count). The number of hydrogen-bond donors (Lipinski definition) is 0. The van der Waals surface area contributed by atoms with E-state index >= 15 is 0 Å². The zero-order chi connectivity index (χ0) is 24.9. The van der Waals surface area contributed by atoms with Gasteiger partial charge in [-0.2, -0.15) is 0 Å². The summed E-state index contributed by atoms with van der Waals surface area (Å²) in [5.74, 6) is 0.729. The topological polar surface area (TPSA) is 66.2 Å². The standard InChI is InChI=1S/C25H27ClF2N8/c1-16-29-6-5-20(30-16)33-12-24(13-33)14-34(15-24)22-32-31-21-9-35(23(2)10-25(27,28)11-23)8-17-7-18(26)3-4-19(17)36(21)22/h3-7H,8-15H2,1-2H3. The molecule has 2 aromatic heterocycles. The molecule has 2 saturated heterocycles. The van der Waals surface area contributed by atoms with E-state index in [2.05, 4.69) is 39.4 Å². The molecule has 1 spiro atoms. The quantitative estimate of drug-likeness (QED) is 0.528. The summed E-state index contributed by atoms with van der Waals surface area (Å²) in [4.78, 5) is 15.4. The van der Waals surface area contributed by atoms with Gasteiger partial charge in [-0.05, 0) is 43.7 Å². The summed E-state index contributed by atoms with van der Waals surface area (Å²) in [6.07, 6.45) is 1.52. The van der Waals surface area contributed by atoms with Gasteiger partial charge in [0.25, 0.3) is 5.92 Å². The average Bonchev–Trinajstić information content (AvgIpc) is 3.05. The first-order valence-electron chi connectivity index (χ1n) is 12.3. The molecule has 3 fully saturated rings. The van der Waals surface area contributed by atoms with E-state index in [0.29, 0.717) is 18.1 Å². The van der Waals surface area contributed by atoms with Crippen LogP contribution in [0.25, 0.3) is 5.69 Å². The molecule has 3 aromatic rings. The van der Waals surface area contributed by atoms with E-state index in [0.717, 1.165) is 60.8 Å². The zero-order valence-corrected chi connectivity index (χ0v) is 21.0. The van der Waals surface area contributed by atoms with Crippen molar-refractivity contribution in [2.45, 2.75) is 51.2 Å². The third-order valence-corrected chi connectivity index (χ3v) is 8.44. The third-order valence-electron chi connectivity index (χ3n) is 8.20. The summed E-state index contributed by atoms with van der Waals surface area (Å²) in [6, 6.07) is 7.76. The maximum Gasteiger partial charge on any atom is 0.251 e. The van der Waals surface area contributed by atoms with Crippen LogP contribution in [0.3, 0.4) is 0 Å². The Morgan fingerprint density at radius 2 is 1.72 bits per heavy atom. The van der Waals surface area contributed by atoms with Crippen molar-refractivity contribution in [3.8, 4) is 5.69 Å². The Balaban J connectivity index is 1.15. The van der Waals surface area contributed by atoms with Gasteiger partial charge in [0.05, 0.1) is 12.2 Å². The molecule has 0 bridgehead atoms. The van der Waals surface area contributed by atoms with Crippen molar-refractivity contribution in [2.24, 2.45) is 5.41 Å². The van der Waals surface area contributed by atoms with Crippen molar-refractivity contribution >= 4 is 23.4 Å². The first-order chi connectivity index (χ1) is 17.1. The first kappa shape index (κ1) is 22.4. The molecule has 0 unspecified atom stereocenters. The molecule has 0 N–H and O–H groups in total. The molecule has 1 aromatic carbocycles. The highest BCUT2D eigenvalue weighted by molar-refractivity contribution is 6.30. The second kappa shape index (κ2) is 7.35. The number of nitrogens with zero attached hydrogens (tertiary/aromatic N) is 8. The van der Waals surface area contributed by atoms with Gasteiger partial charge in [0, 0.05) is 67.7 Å². The summed E-state index contributed by atoms with van der Waals surface area (Å²) in [5.41, 5.74) is 1.61. The number of hydrogen-bond acceptors (Lipinski definition) is 7. The number of benzene rings is 1. The molecule has 36 heavy (non-hydrogen) atoms. The SMILES string of the molecule is Cc1nccc(N2CC3(C2)CN(c2nnc4n2-c2ccc(Cl)cc2CN(C2(C)CC(F)(F)C2)C4)C3)n1. The predicted octanol–water partition coefficient (Wildman–Crippen LogP) is 3.85. The summed E-state index contributed by atoms with van der Waals surface area (Å²) in [7, 11) is 0. The highest BCUT2D eigenvalue weighted by Gasteiger charge is 2.57. The molecule has 0 amide bonds. The number of alkyl halides is 2. The monoisotopic (exact) mass is 512 g/mol. The molecule has 8 nitrogen and oxygen atoms in total. The minimum atomic E-state index is -2.61. The van der Waals surface area contributed by atoms with Crippen LogP contribution in [-0.4, -0.2) is 67.3 Å². The summed E-state index contributed by atoms with van der Waals surface area (Å²) >= 11 is 6.36. The van der Waals surface area contributed by atoms with E-state index in [1.54, 1.807) is 6.20 Å². The lowest BCUT2D eigenvalue weighted by Gasteiger charge is -2.60. The van der Waals surface area contributed by atoms with Crippen LogP contribution < -0.4 is 9.80 Å². The molecule has 0 atom stereocenters. The fourth-order valence-corrected chi connectivity index (χ4v) is 6.70. The molecule has 0 radical (unpaired) electrons. The van der Waals surface area contributed by atoms with E-state index in [4.69, 9.17) is 11.6 Å². The molecule has 4 aliphatic rings. The second-order valence-electron chi connectivity index (χ2n) is 11.3. The molecular weight excluding hydrogens is 486 g/mol. The van der Waals surface area contributed by atoms with Gasteiger partial charge in [-0.25, -0.2) is 18.7 Å². The van der Waals surface area contributed by atoms with Gasteiger partial charge in [-0.1, -0.05) is 11.6 Å². The molecule has 188 valence electrons. The zero-order valence-electron chi connectivity index (χ0n) is 20.3. The lowest BCUT2D eigenvalue weighted by molar-refractivity contribution is -0.173. The molecule has 3 aliphatic heterocycles. The molecule has 1 saturated carbocycles. The van der Waals surface area contributed by atoms with Gasteiger partial charge in [-0.15, -0.1) is 10.2 Å². The largest absolute Gasteiger partial charge is 0.355 e. The van der Waals surface area contributed by atoms with Crippen LogP contribution in [0.4, 0.5) is 20.5 Å². The maximum absolute atomic E-state index is 13.9. The van der Waals surface area contributed by atoms with E-state index in [9.17, 15) is 8.78 Å². The minimum absolute atomic E-state index is 0.145. The van der Waals surface area contributed by atoms with Crippen molar-refractivity contribution in [3.05, 3.63) is 52.7 Å².